The van der Waals surface area contributed by atoms with Gasteiger partial charge in [0.15, 0.2) is 5.76 Å². The number of nitrogens with zero attached hydrogens (tertiary/aromatic N) is 1. The van der Waals surface area contributed by atoms with Crippen LogP contribution in [0.5, 0.6) is 5.75 Å². The summed E-state index contributed by atoms with van der Waals surface area (Å²) in [5.41, 5.74) is 3.19. The predicted octanol–water partition coefficient (Wildman–Crippen LogP) is 2.63. The van der Waals surface area contributed by atoms with Crippen molar-refractivity contribution in [2.24, 2.45) is 0 Å². The minimum absolute atomic E-state index is 0.550. The molecule has 1 N–H and O–H groups in total. The normalized spacial score (nSPS) is 13.3. The van der Waals surface area contributed by atoms with Crippen molar-refractivity contribution in [3.05, 3.63) is 29.5 Å². The van der Waals surface area contributed by atoms with Crippen LogP contribution in [0.2, 0.25) is 0 Å². The van der Waals surface area contributed by atoms with Crippen molar-refractivity contribution >= 4 is 6.01 Å². The first-order valence-corrected chi connectivity index (χ1v) is 5.69. The number of aromatic nitrogens is 1. The fraction of sp³-hybridized carbons (Fsp3) is 0.308. The molecule has 1 aromatic heterocycles. The van der Waals surface area contributed by atoms with Gasteiger partial charge in [-0.3, -0.25) is 0 Å². The summed E-state index contributed by atoms with van der Waals surface area (Å²) in [5, 5.41) is 2.91. The maximum absolute atomic E-state index is 5.65. The molecule has 2 heterocycles. The highest BCUT2D eigenvalue weighted by atomic mass is 16.5. The highest BCUT2D eigenvalue weighted by Crippen LogP contribution is 2.32. The van der Waals surface area contributed by atoms with E-state index in [9.17, 15) is 0 Å². The topological polar surface area (TPSA) is 47.3 Å². The maximum atomic E-state index is 5.65. The van der Waals surface area contributed by atoms with Gasteiger partial charge in [0.1, 0.15) is 5.75 Å². The third kappa shape index (κ3) is 1.65. The molecule has 0 unspecified atom stereocenters. The lowest BCUT2D eigenvalue weighted by Crippen LogP contribution is -1.85. The first-order valence-electron chi connectivity index (χ1n) is 5.69. The van der Waals surface area contributed by atoms with E-state index in [-0.39, 0.29) is 0 Å². The zero-order chi connectivity index (χ0) is 11.8. The minimum Gasteiger partial charge on any atom is -0.493 e. The van der Waals surface area contributed by atoms with Crippen LogP contribution in [-0.2, 0) is 6.42 Å². The van der Waals surface area contributed by atoms with Crippen LogP contribution in [0, 0.1) is 6.92 Å². The molecule has 1 aliphatic rings. The van der Waals surface area contributed by atoms with Crippen LogP contribution < -0.4 is 10.1 Å². The van der Waals surface area contributed by atoms with E-state index in [2.05, 4.69) is 16.4 Å². The highest BCUT2D eigenvalue weighted by molar-refractivity contribution is 5.64. The largest absolute Gasteiger partial charge is 0.493 e. The maximum Gasteiger partial charge on any atom is 0.295 e. The molecule has 0 atom stereocenters. The van der Waals surface area contributed by atoms with E-state index in [4.69, 9.17) is 9.15 Å². The van der Waals surface area contributed by atoms with Gasteiger partial charge in [-0.1, -0.05) is 0 Å². The summed E-state index contributed by atoms with van der Waals surface area (Å²) in [5.74, 6) is 1.81. The van der Waals surface area contributed by atoms with Crippen molar-refractivity contribution in [1.29, 1.82) is 0 Å². The quantitative estimate of drug-likeness (QED) is 0.861. The van der Waals surface area contributed by atoms with Crippen molar-refractivity contribution in [2.75, 3.05) is 19.0 Å². The Balaban J connectivity index is 2.06. The Morgan fingerprint density at radius 2 is 2.24 bits per heavy atom. The zero-order valence-corrected chi connectivity index (χ0v) is 9.91. The Kier molecular flexibility index (Phi) is 2.28. The van der Waals surface area contributed by atoms with Gasteiger partial charge in [0.05, 0.1) is 12.3 Å². The first kappa shape index (κ1) is 10.2. The number of hydrogen-bond acceptors (Lipinski definition) is 4. The number of hydrogen-bond donors (Lipinski definition) is 1. The van der Waals surface area contributed by atoms with Gasteiger partial charge in [0.2, 0.25) is 0 Å². The van der Waals surface area contributed by atoms with E-state index < -0.39 is 0 Å². The van der Waals surface area contributed by atoms with Gasteiger partial charge in [-0.25, -0.2) is 0 Å². The molecular weight excluding hydrogens is 216 g/mol. The number of fused-ring (bicyclic) bond motifs is 1. The molecule has 4 nitrogen and oxygen atoms in total. The molecule has 0 radical (unpaired) electrons. The van der Waals surface area contributed by atoms with Crippen molar-refractivity contribution in [3.63, 3.8) is 0 Å². The van der Waals surface area contributed by atoms with E-state index in [1.54, 1.807) is 7.05 Å². The second kappa shape index (κ2) is 3.80. The molecule has 0 saturated carbocycles. The number of oxazole rings is 1. The van der Waals surface area contributed by atoms with Gasteiger partial charge in [-0.05, 0) is 30.7 Å². The first-order chi connectivity index (χ1) is 8.28. The number of ether oxygens (including phenoxy) is 1. The van der Waals surface area contributed by atoms with Crippen LogP contribution in [0.4, 0.5) is 6.01 Å². The Morgan fingerprint density at radius 3 is 3.00 bits per heavy atom. The van der Waals surface area contributed by atoms with Crippen LogP contribution >= 0.6 is 0 Å². The van der Waals surface area contributed by atoms with E-state index in [0.717, 1.165) is 35.8 Å². The average Bonchev–Trinajstić information content (AvgIpc) is 2.93. The van der Waals surface area contributed by atoms with Crippen molar-refractivity contribution in [3.8, 4) is 17.1 Å². The molecule has 4 heteroatoms. The van der Waals surface area contributed by atoms with Gasteiger partial charge < -0.3 is 14.5 Å². The second-order valence-corrected chi connectivity index (χ2v) is 4.10. The summed E-state index contributed by atoms with van der Waals surface area (Å²) in [7, 11) is 1.80. The fourth-order valence-corrected chi connectivity index (χ4v) is 2.10. The van der Waals surface area contributed by atoms with Crippen LogP contribution in [0.15, 0.2) is 22.6 Å². The van der Waals surface area contributed by atoms with Crippen molar-refractivity contribution < 1.29 is 9.15 Å². The monoisotopic (exact) mass is 230 g/mol. The minimum atomic E-state index is 0.550. The molecule has 0 aliphatic carbocycles. The van der Waals surface area contributed by atoms with Gasteiger partial charge >= 0.3 is 0 Å². The van der Waals surface area contributed by atoms with Crippen LogP contribution in [0.1, 0.15) is 11.3 Å². The summed E-state index contributed by atoms with van der Waals surface area (Å²) in [6.45, 7) is 2.72. The molecule has 0 saturated heterocycles. The molecule has 0 amide bonds. The molecule has 0 bridgehead atoms. The molecule has 0 spiro atoms. The third-order valence-corrected chi connectivity index (χ3v) is 2.96. The van der Waals surface area contributed by atoms with Gasteiger partial charge in [-0.2, -0.15) is 4.98 Å². The van der Waals surface area contributed by atoms with Crippen molar-refractivity contribution in [1.82, 2.24) is 4.98 Å². The van der Waals surface area contributed by atoms with Gasteiger partial charge in [0, 0.05) is 19.0 Å². The smallest absolute Gasteiger partial charge is 0.295 e. The summed E-state index contributed by atoms with van der Waals surface area (Å²) in [4.78, 5) is 4.29. The zero-order valence-electron chi connectivity index (χ0n) is 9.91. The second-order valence-electron chi connectivity index (χ2n) is 4.10. The molecule has 17 heavy (non-hydrogen) atoms. The lowest BCUT2D eigenvalue weighted by atomic mass is 10.1. The molecule has 1 aliphatic heterocycles. The fourth-order valence-electron chi connectivity index (χ4n) is 2.10. The lowest BCUT2D eigenvalue weighted by Gasteiger charge is -2.01. The SMILES string of the molecule is CNc1nc(C)c(-c2ccc3c(c2)CCO3)o1. The van der Waals surface area contributed by atoms with E-state index in [1.807, 2.05) is 19.1 Å². The standard InChI is InChI=1S/C13H14N2O2/c1-8-12(17-13(14-2)15-8)10-3-4-11-9(7-10)5-6-16-11/h3-4,7H,5-6H2,1-2H3,(H,14,15). The summed E-state index contributed by atoms with van der Waals surface area (Å²) >= 11 is 0. The highest BCUT2D eigenvalue weighted by Gasteiger charge is 2.16. The summed E-state index contributed by atoms with van der Waals surface area (Å²) in [6.07, 6.45) is 0.968. The molecular formula is C13H14N2O2. The number of rotatable bonds is 2. The third-order valence-electron chi connectivity index (χ3n) is 2.96. The Bertz CT molecular complexity index is 561. The van der Waals surface area contributed by atoms with Gasteiger partial charge in [-0.15, -0.1) is 0 Å². The molecule has 0 fully saturated rings. The number of benzene rings is 1. The molecule has 3 rings (SSSR count). The average molecular weight is 230 g/mol. The number of aryl methyl sites for hydroxylation is 1. The van der Waals surface area contributed by atoms with Crippen molar-refractivity contribution in [2.45, 2.75) is 13.3 Å². The summed E-state index contributed by atoms with van der Waals surface area (Å²) in [6, 6.07) is 6.68. The predicted molar refractivity (Wildman–Crippen MR) is 65.4 cm³/mol. The van der Waals surface area contributed by atoms with Crippen LogP contribution in [-0.4, -0.2) is 18.6 Å². The Labute approximate surface area is 99.6 Å². The Hall–Kier alpha value is -1.97. The summed E-state index contributed by atoms with van der Waals surface area (Å²) < 4.78 is 11.1. The number of anilines is 1. The molecule has 88 valence electrons. The van der Waals surface area contributed by atoms with E-state index in [0.29, 0.717) is 6.01 Å². The number of nitrogens with one attached hydrogen (secondary N) is 1. The van der Waals surface area contributed by atoms with Crippen LogP contribution in [0.3, 0.4) is 0 Å². The Morgan fingerprint density at radius 1 is 1.35 bits per heavy atom. The van der Waals surface area contributed by atoms with E-state index >= 15 is 0 Å². The molecule has 1 aromatic carbocycles. The van der Waals surface area contributed by atoms with E-state index in [1.165, 1.54) is 5.56 Å². The van der Waals surface area contributed by atoms with Crippen LogP contribution in [0.25, 0.3) is 11.3 Å². The van der Waals surface area contributed by atoms with Gasteiger partial charge in [0.25, 0.3) is 6.01 Å². The molecule has 2 aromatic rings. The lowest BCUT2D eigenvalue weighted by molar-refractivity contribution is 0.357.